The molecule has 0 saturated carbocycles. The number of nitrogens with one attached hydrogen (secondary N) is 1. The number of benzene rings is 1. The van der Waals surface area contributed by atoms with Crippen molar-refractivity contribution >= 4 is 28.8 Å². The second-order valence-corrected chi connectivity index (χ2v) is 5.39. The van der Waals surface area contributed by atoms with Crippen molar-refractivity contribution in [3.63, 3.8) is 0 Å². The van der Waals surface area contributed by atoms with Gasteiger partial charge in [-0.15, -0.1) is 11.3 Å². The minimum atomic E-state index is -0.189. The summed E-state index contributed by atoms with van der Waals surface area (Å²) in [6, 6.07) is 10.9. The standard InChI is InChI=1S/C15H12ClNO2S/c16-13-6-2-1-4-11(13)10-17-15(19)14-8-7-12(20-14)5-3-9-18/h1-2,4,6-8,18H,9-10H2,(H,17,19). The third kappa shape index (κ3) is 3.84. The molecule has 20 heavy (non-hydrogen) atoms. The van der Waals surface area contributed by atoms with E-state index in [4.69, 9.17) is 16.7 Å². The molecule has 0 aliphatic heterocycles. The molecule has 0 spiro atoms. The average Bonchev–Trinajstić information content (AvgIpc) is 2.93. The zero-order valence-corrected chi connectivity index (χ0v) is 12.1. The number of thiophene rings is 1. The number of carbonyl (C=O) groups excluding carboxylic acids is 1. The minimum absolute atomic E-state index is 0.160. The first-order valence-electron chi connectivity index (χ1n) is 5.92. The van der Waals surface area contributed by atoms with Crippen LogP contribution >= 0.6 is 22.9 Å². The fraction of sp³-hybridized carbons (Fsp3) is 0.133. The summed E-state index contributed by atoms with van der Waals surface area (Å²) in [7, 11) is 0. The maximum atomic E-state index is 12.0. The normalized spacial score (nSPS) is 9.70. The summed E-state index contributed by atoms with van der Waals surface area (Å²) in [6.07, 6.45) is 0. The summed E-state index contributed by atoms with van der Waals surface area (Å²) in [5.74, 6) is 5.16. The van der Waals surface area contributed by atoms with Gasteiger partial charge in [-0.05, 0) is 23.8 Å². The lowest BCUT2D eigenvalue weighted by Gasteiger charge is -2.05. The molecule has 0 fully saturated rings. The first kappa shape index (κ1) is 14.6. The van der Waals surface area contributed by atoms with E-state index in [0.29, 0.717) is 16.4 Å². The van der Waals surface area contributed by atoms with Gasteiger partial charge in [0.25, 0.3) is 5.91 Å². The van der Waals surface area contributed by atoms with Crippen molar-refractivity contribution in [3.8, 4) is 11.8 Å². The van der Waals surface area contributed by atoms with Crippen molar-refractivity contribution in [3.05, 3.63) is 56.7 Å². The van der Waals surface area contributed by atoms with Gasteiger partial charge in [0, 0.05) is 11.6 Å². The molecule has 5 heteroatoms. The molecule has 0 atom stereocenters. The Morgan fingerprint density at radius 1 is 1.30 bits per heavy atom. The minimum Gasteiger partial charge on any atom is -0.384 e. The molecule has 0 unspecified atom stereocenters. The van der Waals surface area contributed by atoms with Crippen LogP contribution < -0.4 is 5.32 Å². The number of rotatable bonds is 3. The van der Waals surface area contributed by atoms with E-state index in [0.717, 1.165) is 10.4 Å². The topological polar surface area (TPSA) is 49.3 Å². The number of amides is 1. The Bertz CT molecular complexity index is 670. The fourth-order valence-corrected chi connectivity index (χ4v) is 2.56. The third-order valence-electron chi connectivity index (χ3n) is 2.52. The number of hydrogen-bond acceptors (Lipinski definition) is 3. The van der Waals surface area contributed by atoms with Crippen LogP contribution in [0.5, 0.6) is 0 Å². The Hall–Kier alpha value is -1.80. The monoisotopic (exact) mass is 305 g/mol. The smallest absolute Gasteiger partial charge is 0.261 e. The molecule has 102 valence electrons. The van der Waals surface area contributed by atoms with Gasteiger partial charge < -0.3 is 10.4 Å². The molecule has 0 radical (unpaired) electrons. The summed E-state index contributed by atoms with van der Waals surface area (Å²) < 4.78 is 0. The van der Waals surface area contributed by atoms with Gasteiger partial charge in [-0.1, -0.05) is 41.6 Å². The number of carbonyl (C=O) groups is 1. The number of halogens is 1. The molecule has 0 aliphatic carbocycles. The molecule has 0 bridgehead atoms. The van der Waals surface area contributed by atoms with Gasteiger partial charge in [-0.25, -0.2) is 0 Å². The lowest BCUT2D eigenvalue weighted by molar-refractivity contribution is 0.0955. The first-order chi connectivity index (χ1) is 9.70. The lowest BCUT2D eigenvalue weighted by atomic mass is 10.2. The van der Waals surface area contributed by atoms with Crippen LogP contribution in [0.1, 0.15) is 20.1 Å². The van der Waals surface area contributed by atoms with E-state index in [1.807, 2.05) is 18.2 Å². The highest BCUT2D eigenvalue weighted by atomic mass is 35.5. The zero-order valence-electron chi connectivity index (χ0n) is 10.5. The second kappa shape index (κ2) is 7.11. The van der Waals surface area contributed by atoms with Crippen molar-refractivity contribution in [2.75, 3.05) is 6.61 Å². The summed E-state index contributed by atoms with van der Waals surface area (Å²) in [6.45, 7) is 0.194. The molecule has 2 rings (SSSR count). The largest absolute Gasteiger partial charge is 0.384 e. The highest BCUT2D eigenvalue weighted by Gasteiger charge is 2.09. The van der Waals surface area contributed by atoms with Crippen LogP contribution in [0.4, 0.5) is 0 Å². The van der Waals surface area contributed by atoms with Gasteiger partial charge in [0.1, 0.15) is 6.61 Å². The van der Waals surface area contributed by atoms with Crippen molar-refractivity contribution < 1.29 is 9.90 Å². The average molecular weight is 306 g/mol. The molecular weight excluding hydrogens is 294 g/mol. The van der Waals surface area contributed by atoms with Gasteiger partial charge >= 0.3 is 0 Å². The number of aliphatic hydroxyl groups is 1. The lowest BCUT2D eigenvalue weighted by Crippen LogP contribution is -2.21. The fourth-order valence-electron chi connectivity index (χ4n) is 1.56. The first-order valence-corrected chi connectivity index (χ1v) is 7.11. The molecule has 1 heterocycles. The highest BCUT2D eigenvalue weighted by Crippen LogP contribution is 2.17. The van der Waals surface area contributed by atoms with Crippen molar-refractivity contribution in [1.29, 1.82) is 0 Å². The molecule has 0 saturated heterocycles. The molecule has 1 amide bonds. The van der Waals surface area contributed by atoms with Gasteiger partial charge in [0.05, 0.1) is 9.75 Å². The Morgan fingerprint density at radius 3 is 2.85 bits per heavy atom. The summed E-state index contributed by atoms with van der Waals surface area (Å²) in [4.78, 5) is 13.3. The molecule has 3 nitrogen and oxygen atoms in total. The SMILES string of the molecule is O=C(NCc1ccccc1Cl)c1ccc(C#CCO)s1. The predicted molar refractivity (Wildman–Crippen MR) is 80.9 cm³/mol. The van der Waals surface area contributed by atoms with E-state index < -0.39 is 0 Å². The number of aliphatic hydroxyl groups excluding tert-OH is 1. The maximum Gasteiger partial charge on any atom is 0.261 e. The van der Waals surface area contributed by atoms with Crippen LogP contribution in [0.15, 0.2) is 36.4 Å². The van der Waals surface area contributed by atoms with E-state index in [2.05, 4.69) is 17.2 Å². The summed E-state index contributed by atoms with van der Waals surface area (Å²) >= 11 is 7.31. The quantitative estimate of drug-likeness (QED) is 0.857. The molecule has 2 N–H and O–H groups in total. The maximum absolute atomic E-state index is 12.0. The van der Waals surface area contributed by atoms with Gasteiger partial charge in [0.2, 0.25) is 0 Å². The molecule has 1 aromatic heterocycles. The summed E-state index contributed by atoms with van der Waals surface area (Å²) in [5.41, 5.74) is 0.874. The van der Waals surface area contributed by atoms with Gasteiger partial charge in [0.15, 0.2) is 0 Å². The van der Waals surface area contributed by atoms with E-state index in [9.17, 15) is 4.79 Å². The van der Waals surface area contributed by atoms with Gasteiger partial charge in [-0.3, -0.25) is 4.79 Å². The number of hydrogen-bond donors (Lipinski definition) is 2. The molecule has 0 aliphatic rings. The van der Waals surface area contributed by atoms with Crippen LogP contribution in [-0.2, 0) is 6.54 Å². The predicted octanol–water partition coefficient (Wildman–Crippen LogP) is 2.68. The van der Waals surface area contributed by atoms with Crippen LogP contribution in [0.2, 0.25) is 5.02 Å². The Labute approximate surface area is 126 Å². The van der Waals surface area contributed by atoms with Crippen molar-refractivity contribution in [2.24, 2.45) is 0 Å². The summed E-state index contributed by atoms with van der Waals surface area (Å²) in [5, 5.41) is 12.1. The Balaban J connectivity index is 1.98. The van der Waals surface area contributed by atoms with Crippen molar-refractivity contribution in [2.45, 2.75) is 6.54 Å². The molecule has 1 aromatic carbocycles. The second-order valence-electron chi connectivity index (χ2n) is 3.90. The van der Waals surface area contributed by atoms with Crippen LogP contribution in [0, 0.1) is 11.8 Å². The van der Waals surface area contributed by atoms with E-state index in [-0.39, 0.29) is 12.5 Å². The van der Waals surface area contributed by atoms with E-state index in [1.54, 1.807) is 18.2 Å². The molecular formula is C15H12ClNO2S. The van der Waals surface area contributed by atoms with Crippen LogP contribution in [-0.4, -0.2) is 17.6 Å². The van der Waals surface area contributed by atoms with E-state index >= 15 is 0 Å². The van der Waals surface area contributed by atoms with Gasteiger partial charge in [-0.2, -0.15) is 0 Å². The zero-order chi connectivity index (χ0) is 14.4. The van der Waals surface area contributed by atoms with E-state index in [1.165, 1.54) is 11.3 Å². The highest BCUT2D eigenvalue weighted by molar-refractivity contribution is 7.14. The third-order valence-corrected chi connectivity index (χ3v) is 3.89. The van der Waals surface area contributed by atoms with Crippen LogP contribution in [0.3, 0.4) is 0 Å². The Morgan fingerprint density at radius 2 is 2.10 bits per heavy atom. The van der Waals surface area contributed by atoms with Crippen molar-refractivity contribution in [1.82, 2.24) is 5.32 Å². The van der Waals surface area contributed by atoms with Crippen LogP contribution in [0.25, 0.3) is 0 Å². The Kier molecular flexibility index (Phi) is 5.19. The molecule has 2 aromatic rings.